The van der Waals surface area contributed by atoms with Crippen LogP contribution in [0.4, 0.5) is 15.8 Å². The van der Waals surface area contributed by atoms with Crippen molar-refractivity contribution in [2.75, 3.05) is 12.4 Å². The van der Waals surface area contributed by atoms with Crippen LogP contribution in [0.2, 0.25) is 0 Å². The zero-order chi connectivity index (χ0) is 13.8. The Kier molecular flexibility index (Phi) is 4.31. The van der Waals surface area contributed by atoms with Crippen LogP contribution >= 0.6 is 0 Å². The summed E-state index contributed by atoms with van der Waals surface area (Å²) in [7, 11) is 1.67. The van der Waals surface area contributed by atoms with Crippen molar-refractivity contribution < 1.29 is 14.1 Å². The van der Waals surface area contributed by atoms with Gasteiger partial charge in [-0.3, -0.25) is 10.1 Å². The summed E-state index contributed by atoms with van der Waals surface area (Å²) in [4.78, 5) is 10.3. The van der Waals surface area contributed by atoms with Crippen LogP contribution in [0.3, 0.4) is 0 Å². The third kappa shape index (κ3) is 3.41. The number of nitro groups is 1. The van der Waals surface area contributed by atoms with E-state index in [4.69, 9.17) is 4.74 Å². The molecule has 6 heteroatoms. The lowest BCUT2D eigenvalue weighted by atomic mass is 9.92. The highest BCUT2D eigenvalue weighted by molar-refractivity contribution is 5.61. The zero-order valence-electron chi connectivity index (χ0n) is 10.8. The van der Waals surface area contributed by atoms with Gasteiger partial charge in [0, 0.05) is 13.2 Å². The van der Waals surface area contributed by atoms with E-state index >= 15 is 0 Å². The molecule has 1 aliphatic carbocycles. The summed E-state index contributed by atoms with van der Waals surface area (Å²) < 4.78 is 18.4. The molecule has 19 heavy (non-hydrogen) atoms. The third-order valence-electron chi connectivity index (χ3n) is 3.48. The summed E-state index contributed by atoms with van der Waals surface area (Å²) >= 11 is 0. The second-order valence-corrected chi connectivity index (χ2v) is 4.78. The lowest BCUT2D eigenvalue weighted by Gasteiger charge is -2.29. The van der Waals surface area contributed by atoms with E-state index in [0.717, 1.165) is 31.7 Å². The fourth-order valence-corrected chi connectivity index (χ4v) is 2.49. The Bertz CT molecular complexity index is 467. The summed E-state index contributed by atoms with van der Waals surface area (Å²) in [5, 5.41) is 14.0. The largest absolute Gasteiger partial charge is 0.381 e. The number of hydrogen-bond donors (Lipinski definition) is 1. The van der Waals surface area contributed by atoms with Crippen molar-refractivity contribution in [1.29, 1.82) is 0 Å². The third-order valence-corrected chi connectivity index (χ3v) is 3.48. The molecule has 1 fully saturated rings. The van der Waals surface area contributed by atoms with Crippen LogP contribution in [0.15, 0.2) is 18.2 Å². The van der Waals surface area contributed by atoms with Crippen molar-refractivity contribution >= 4 is 11.4 Å². The molecule has 1 saturated carbocycles. The monoisotopic (exact) mass is 268 g/mol. The fourth-order valence-electron chi connectivity index (χ4n) is 2.49. The molecular formula is C13H17FN2O3. The predicted octanol–water partition coefficient (Wildman–Crippen LogP) is 3.10. The van der Waals surface area contributed by atoms with Gasteiger partial charge in [0.1, 0.15) is 11.5 Å². The van der Waals surface area contributed by atoms with Crippen LogP contribution in [0.5, 0.6) is 0 Å². The van der Waals surface area contributed by atoms with Gasteiger partial charge < -0.3 is 10.1 Å². The maximum Gasteiger partial charge on any atom is 0.295 e. The van der Waals surface area contributed by atoms with Crippen molar-refractivity contribution in [2.45, 2.75) is 37.8 Å². The molecule has 2 atom stereocenters. The van der Waals surface area contributed by atoms with Gasteiger partial charge in [0.05, 0.1) is 17.1 Å². The first-order chi connectivity index (χ1) is 9.10. The molecule has 104 valence electrons. The molecule has 0 radical (unpaired) electrons. The number of benzene rings is 1. The van der Waals surface area contributed by atoms with Crippen molar-refractivity contribution in [3.05, 3.63) is 34.1 Å². The first kappa shape index (κ1) is 13.7. The van der Waals surface area contributed by atoms with Gasteiger partial charge in [-0.25, -0.2) is 4.39 Å². The first-order valence-electron chi connectivity index (χ1n) is 6.33. The molecule has 0 aliphatic heterocycles. The maximum atomic E-state index is 13.1. The van der Waals surface area contributed by atoms with Crippen molar-refractivity contribution in [3.8, 4) is 0 Å². The number of methoxy groups -OCH3 is 1. The number of halogens is 1. The molecule has 5 nitrogen and oxygen atoms in total. The Morgan fingerprint density at radius 1 is 1.47 bits per heavy atom. The van der Waals surface area contributed by atoms with Crippen molar-refractivity contribution in [3.63, 3.8) is 0 Å². The lowest BCUT2D eigenvalue weighted by Crippen LogP contribution is -2.31. The lowest BCUT2D eigenvalue weighted by molar-refractivity contribution is -0.384. The van der Waals surface area contributed by atoms with Crippen LogP contribution in [0.1, 0.15) is 25.7 Å². The molecule has 2 rings (SSSR count). The average molecular weight is 268 g/mol. The van der Waals surface area contributed by atoms with Crippen molar-refractivity contribution in [2.24, 2.45) is 0 Å². The number of anilines is 1. The normalized spacial score (nSPS) is 23.1. The number of hydrogen-bond acceptors (Lipinski definition) is 4. The van der Waals surface area contributed by atoms with E-state index < -0.39 is 10.7 Å². The second-order valence-electron chi connectivity index (χ2n) is 4.78. The van der Waals surface area contributed by atoms with E-state index in [1.165, 1.54) is 12.1 Å². The molecule has 1 aliphatic rings. The van der Waals surface area contributed by atoms with E-state index in [9.17, 15) is 14.5 Å². The molecular weight excluding hydrogens is 251 g/mol. The maximum absolute atomic E-state index is 13.1. The summed E-state index contributed by atoms with van der Waals surface area (Å²) in [6, 6.07) is 3.72. The Labute approximate surface area is 110 Å². The summed E-state index contributed by atoms with van der Waals surface area (Å²) in [6.07, 6.45) is 3.97. The smallest absolute Gasteiger partial charge is 0.295 e. The molecule has 1 aromatic rings. The van der Waals surface area contributed by atoms with Crippen LogP contribution in [-0.2, 0) is 4.74 Å². The molecule has 0 saturated heterocycles. The Morgan fingerprint density at radius 2 is 2.26 bits per heavy atom. The topological polar surface area (TPSA) is 64.4 Å². The van der Waals surface area contributed by atoms with Gasteiger partial charge in [-0.05, 0) is 37.8 Å². The van der Waals surface area contributed by atoms with E-state index in [1.807, 2.05) is 0 Å². The van der Waals surface area contributed by atoms with Crippen LogP contribution < -0.4 is 5.32 Å². The highest BCUT2D eigenvalue weighted by Crippen LogP contribution is 2.29. The van der Waals surface area contributed by atoms with E-state index in [2.05, 4.69) is 5.32 Å². The Hall–Kier alpha value is -1.69. The predicted molar refractivity (Wildman–Crippen MR) is 69.7 cm³/mol. The first-order valence-corrected chi connectivity index (χ1v) is 6.33. The quantitative estimate of drug-likeness (QED) is 0.673. The van der Waals surface area contributed by atoms with Gasteiger partial charge >= 0.3 is 0 Å². The number of nitrogens with one attached hydrogen (secondary N) is 1. The number of nitrogens with zero attached hydrogens (tertiary/aromatic N) is 1. The second kappa shape index (κ2) is 5.97. The fraction of sp³-hybridized carbons (Fsp3) is 0.538. The average Bonchev–Trinajstić information content (AvgIpc) is 2.41. The number of rotatable bonds is 4. The summed E-state index contributed by atoms with van der Waals surface area (Å²) in [5.41, 5.74) is 0.146. The van der Waals surface area contributed by atoms with Gasteiger partial charge in [0.15, 0.2) is 0 Å². The zero-order valence-corrected chi connectivity index (χ0v) is 10.8. The van der Waals surface area contributed by atoms with Gasteiger partial charge in [-0.1, -0.05) is 0 Å². The summed E-state index contributed by atoms with van der Waals surface area (Å²) in [6.45, 7) is 0. The van der Waals surface area contributed by atoms with Crippen molar-refractivity contribution in [1.82, 2.24) is 0 Å². The molecule has 2 unspecified atom stereocenters. The van der Waals surface area contributed by atoms with Crippen LogP contribution in [0.25, 0.3) is 0 Å². The van der Waals surface area contributed by atoms with E-state index in [-0.39, 0.29) is 17.8 Å². The van der Waals surface area contributed by atoms with Crippen LogP contribution in [-0.4, -0.2) is 24.2 Å². The van der Waals surface area contributed by atoms with E-state index in [0.29, 0.717) is 5.69 Å². The highest BCUT2D eigenvalue weighted by atomic mass is 19.1. The number of ether oxygens (including phenoxy) is 1. The Morgan fingerprint density at radius 3 is 2.95 bits per heavy atom. The molecule has 0 spiro atoms. The minimum atomic E-state index is -0.601. The van der Waals surface area contributed by atoms with Gasteiger partial charge in [-0.2, -0.15) is 0 Å². The minimum Gasteiger partial charge on any atom is -0.381 e. The molecule has 0 heterocycles. The Balaban J connectivity index is 2.12. The van der Waals surface area contributed by atoms with Gasteiger partial charge in [0.2, 0.25) is 0 Å². The number of nitro benzene ring substituents is 1. The standard InChI is InChI=1S/C13H17FN2O3/c1-19-11-4-2-3-10(8-11)15-12-6-5-9(14)7-13(12)16(17)18/h5-7,10-11,15H,2-4,8H2,1H3. The molecule has 0 bridgehead atoms. The highest BCUT2D eigenvalue weighted by Gasteiger charge is 2.24. The minimum absolute atomic E-state index is 0.128. The molecule has 0 amide bonds. The van der Waals surface area contributed by atoms with Crippen LogP contribution in [0, 0.1) is 15.9 Å². The molecule has 1 N–H and O–H groups in total. The summed E-state index contributed by atoms with van der Waals surface area (Å²) in [5.74, 6) is -0.601. The molecule has 1 aromatic carbocycles. The molecule has 0 aromatic heterocycles. The van der Waals surface area contributed by atoms with E-state index in [1.54, 1.807) is 7.11 Å². The van der Waals surface area contributed by atoms with Gasteiger partial charge in [0.25, 0.3) is 5.69 Å². The van der Waals surface area contributed by atoms with Gasteiger partial charge in [-0.15, -0.1) is 0 Å². The SMILES string of the molecule is COC1CCCC(Nc2ccc(F)cc2[N+](=O)[O-])C1.